The largest absolute Gasteiger partial charge is 0.504 e. The molecule has 2 rings (SSSR count). The minimum absolute atomic E-state index is 0.0568. The predicted molar refractivity (Wildman–Crippen MR) is 64.3 cm³/mol. The predicted octanol–water partition coefficient (Wildman–Crippen LogP) is 2.60. The number of aromatic nitrogens is 1. The van der Waals surface area contributed by atoms with Gasteiger partial charge in [-0.05, 0) is 12.5 Å². The first-order valence-electron chi connectivity index (χ1n) is 4.82. The van der Waals surface area contributed by atoms with Crippen molar-refractivity contribution in [3.8, 4) is 22.6 Å². The van der Waals surface area contributed by atoms with Crippen LogP contribution < -0.4 is 10.5 Å². The van der Waals surface area contributed by atoms with Crippen LogP contribution in [0.4, 0.5) is 5.88 Å². The number of rotatable bonds is 2. The molecule has 5 nitrogen and oxygen atoms in total. The van der Waals surface area contributed by atoms with Gasteiger partial charge in [-0.15, -0.1) is 0 Å². The lowest BCUT2D eigenvalue weighted by molar-refractivity contribution is 0.374. The highest BCUT2D eigenvalue weighted by Gasteiger charge is 2.20. The number of methoxy groups -OCH3 is 1. The molecular formula is C11H11ClN2O3. The molecule has 6 heteroatoms. The molecule has 0 atom stereocenters. The van der Waals surface area contributed by atoms with Gasteiger partial charge in [-0.2, -0.15) is 0 Å². The third-order valence-corrected chi connectivity index (χ3v) is 2.92. The Morgan fingerprint density at radius 2 is 2.24 bits per heavy atom. The fraction of sp³-hybridized carbons (Fsp3) is 0.182. The van der Waals surface area contributed by atoms with Crippen LogP contribution in [0.3, 0.4) is 0 Å². The summed E-state index contributed by atoms with van der Waals surface area (Å²) in [5, 5.41) is 13.8. The summed E-state index contributed by atoms with van der Waals surface area (Å²) < 4.78 is 9.96. The highest BCUT2D eigenvalue weighted by molar-refractivity contribution is 6.32. The number of nitrogens with zero attached hydrogens (tertiary/aromatic N) is 1. The smallest absolute Gasteiger partial charge is 0.230 e. The van der Waals surface area contributed by atoms with E-state index in [2.05, 4.69) is 5.16 Å². The molecule has 0 aliphatic carbocycles. The van der Waals surface area contributed by atoms with Gasteiger partial charge < -0.3 is 20.1 Å². The van der Waals surface area contributed by atoms with E-state index < -0.39 is 0 Å². The number of phenols is 1. The van der Waals surface area contributed by atoms with Crippen LogP contribution in [0.2, 0.25) is 5.02 Å². The lowest BCUT2D eigenvalue weighted by atomic mass is 10.0. The number of hydrogen-bond acceptors (Lipinski definition) is 5. The van der Waals surface area contributed by atoms with E-state index in [0.29, 0.717) is 21.9 Å². The van der Waals surface area contributed by atoms with Crippen molar-refractivity contribution in [1.82, 2.24) is 5.16 Å². The molecule has 0 saturated carbocycles. The van der Waals surface area contributed by atoms with Crippen LogP contribution in [0.25, 0.3) is 11.1 Å². The second-order valence-corrected chi connectivity index (χ2v) is 3.92. The van der Waals surface area contributed by atoms with Gasteiger partial charge in [-0.3, -0.25) is 0 Å². The second kappa shape index (κ2) is 4.18. The Morgan fingerprint density at radius 3 is 2.76 bits per heavy atom. The van der Waals surface area contributed by atoms with Crippen molar-refractivity contribution in [2.24, 2.45) is 0 Å². The minimum Gasteiger partial charge on any atom is -0.504 e. The topological polar surface area (TPSA) is 81.5 Å². The molecule has 1 aromatic heterocycles. The van der Waals surface area contributed by atoms with Gasteiger partial charge in [0, 0.05) is 16.7 Å². The fourth-order valence-corrected chi connectivity index (χ4v) is 1.88. The standard InChI is InChI=1S/C11H11ClN2O3/c1-5-7(12)3-8(15)10(16-2)9(5)6-4-14-17-11(6)13/h3-4,15H,13H2,1-2H3. The van der Waals surface area contributed by atoms with Crippen molar-refractivity contribution in [3.05, 3.63) is 22.8 Å². The Hall–Kier alpha value is -1.88. The van der Waals surface area contributed by atoms with Gasteiger partial charge in [0.05, 0.1) is 18.9 Å². The maximum Gasteiger partial charge on any atom is 0.230 e. The molecule has 0 aliphatic heterocycles. The third-order valence-electron chi connectivity index (χ3n) is 2.53. The Morgan fingerprint density at radius 1 is 1.53 bits per heavy atom. The zero-order valence-corrected chi connectivity index (χ0v) is 10.1. The summed E-state index contributed by atoms with van der Waals surface area (Å²) in [6.07, 6.45) is 1.45. The van der Waals surface area contributed by atoms with E-state index >= 15 is 0 Å². The Kier molecular flexibility index (Phi) is 2.85. The first-order chi connectivity index (χ1) is 8.06. The number of benzene rings is 1. The molecule has 90 valence electrons. The average molecular weight is 255 g/mol. The highest BCUT2D eigenvalue weighted by atomic mass is 35.5. The van der Waals surface area contributed by atoms with Crippen LogP contribution in [0, 0.1) is 6.92 Å². The maximum absolute atomic E-state index is 9.79. The lowest BCUT2D eigenvalue weighted by Crippen LogP contribution is -1.94. The van der Waals surface area contributed by atoms with Crippen LogP contribution in [0.15, 0.2) is 16.8 Å². The molecule has 17 heavy (non-hydrogen) atoms. The van der Waals surface area contributed by atoms with Gasteiger partial charge in [-0.1, -0.05) is 16.8 Å². The summed E-state index contributed by atoms with van der Waals surface area (Å²) in [6, 6.07) is 1.42. The molecule has 1 heterocycles. The van der Waals surface area contributed by atoms with E-state index in [4.69, 9.17) is 26.6 Å². The van der Waals surface area contributed by atoms with Crippen LogP contribution in [0.1, 0.15) is 5.56 Å². The molecule has 0 aliphatic rings. The molecular weight excluding hydrogens is 244 g/mol. The summed E-state index contributed by atoms with van der Waals surface area (Å²) in [5.41, 5.74) is 7.51. The molecule has 0 fully saturated rings. The van der Waals surface area contributed by atoms with Crippen LogP contribution >= 0.6 is 11.6 Å². The SMILES string of the molecule is COc1c(O)cc(Cl)c(C)c1-c1cnoc1N. The number of phenolic OH excluding ortho intramolecular Hbond substituents is 1. The van der Waals surface area contributed by atoms with Crippen molar-refractivity contribution in [3.63, 3.8) is 0 Å². The summed E-state index contributed by atoms with van der Waals surface area (Å²) in [4.78, 5) is 0. The number of nitrogens with two attached hydrogens (primary N) is 1. The monoisotopic (exact) mass is 254 g/mol. The first-order valence-corrected chi connectivity index (χ1v) is 5.20. The number of ether oxygens (including phenoxy) is 1. The second-order valence-electron chi connectivity index (χ2n) is 3.51. The molecule has 0 saturated heterocycles. The van der Waals surface area contributed by atoms with E-state index in [1.54, 1.807) is 6.92 Å². The average Bonchev–Trinajstić information content (AvgIpc) is 2.69. The molecule has 0 radical (unpaired) electrons. The van der Waals surface area contributed by atoms with Crippen LogP contribution in [-0.2, 0) is 0 Å². The van der Waals surface area contributed by atoms with Gasteiger partial charge in [0.25, 0.3) is 0 Å². The lowest BCUT2D eigenvalue weighted by Gasteiger charge is -2.13. The van der Waals surface area contributed by atoms with Crippen molar-refractivity contribution in [1.29, 1.82) is 0 Å². The maximum atomic E-state index is 9.79. The normalized spacial score (nSPS) is 10.5. The number of aromatic hydroxyl groups is 1. The summed E-state index contributed by atoms with van der Waals surface area (Å²) in [6.45, 7) is 1.80. The van der Waals surface area contributed by atoms with E-state index in [-0.39, 0.29) is 11.6 Å². The molecule has 1 aromatic carbocycles. The van der Waals surface area contributed by atoms with Gasteiger partial charge in [0.2, 0.25) is 5.88 Å². The van der Waals surface area contributed by atoms with Crippen molar-refractivity contribution >= 4 is 17.5 Å². The van der Waals surface area contributed by atoms with E-state index in [9.17, 15) is 5.11 Å². The summed E-state index contributed by atoms with van der Waals surface area (Å²) in [7, 11) is 1.45. The van der Waals surface area contributed by atoms with Gasteiger partial charge in [-0.25, -0.2) is 0 Å². The zero-order valence-electron chi connectivity index (χ0n) is 9.32. The quantitative estimate of drug-likeness (QED) is 0.861. The number of anilines is 1. The van der Waals surface area contributed by atoms with Gasteiger partial charge in [0.1, 0.15) is 0 Å². The van der Waals surface area contributed by atoms with E-state index in [0.717, 1.165) is 5.56 Å². The molecule has 0 bridgehead atoms. The van der Waals surface area contributed by atoms with Crippen molar-refractivity contribution < 1.29 is 14.4 Å². The van der Waals surface area contributed by atoms with Crippen molar-refractivity contribution in [2.45, 2.75) is 6.92 Å². The molecule has 2 aromatic rings. The van der Waals surface area contributed by atoms with Crippen molar-refractivity contribution in [2.75, 3.05) is 12.8 Å². The Labute approximate surface area is 103 Å². The molecule has 0 spiro atoms. The van der Waals surface area contributed by atoms with Gasteiger partial charge in [0.15, 0.2) is 11.5 Å². The van der Waals surface area contributed by atoms with Gasteiger partial charge >= 0.3 is 0 Å². The molecule has 3 N–H and O–H groups in total. The summed E-state index contributed by atoms with van der Waals surface area (Å²) in [5.74, 6) is 0.383. The first kappa shape index (κ1) is 11.6. The van der Waals surface area contributed by atoms with Crippen LogP contribution in [-0.4, -0.2) is 17.4 Å². The third kappa shape index (κ3) is 1.78. The van der Waals surface area contributed by atoms with Crippen LogP contribution in [0.5, 0.6) is 11.5 Å². The minimum atomic E-state index is -0.0568. The number of nitrogen functional groups attached to an aromatic ring is 1. The zero-order chi connectivity index (χ0) is 12.6. The number of hydrogen-bond donors (Lipinski definition) is 2. The van der Waals surface area contributed by atoms with E-state index in [1.807, 2.05) is 0 Å². The Bertz CT molecular complexity index is 566. The molecule has 0 amide bonds. The Balaban J connectivity index is 2.80. The fourth-order valence-electron chi connectivity index (χ4n) is 1.68. The highest BCUT2D eigenvalue weighted by Crippen LogP contribution is 2.44. The summed E-state index contributed by atoms with van der Waals surface area (Å²) >= 11 is 6.01. The van der Waals surface area contributed by atoms with E-state index in [1.165, 1.54) is 19.4 Å². The number of halogens is 1. The molecule has 0 unspecified atom stereocenters.